The highest BCUT2D eigenvalue weighted by atomic mass is 32.1. The molecule has 3 rings (SSSR count). The van der Waals surface area contributed by atoms with Gasteiger partial charge >= 0.3 is 0 Å². The fourth-order valence-corrected chi connectivity index (χ4v) is 4.35. The predicted octanol–water partition coefficient (Wildman–Crippen LogP) is 3.40. The molecule has 2 atom stereocenters. The molecule has 0 radical (unpaired) electrons. The van der Waals surface area contributed by atoms with Gasteiger partial charge in [-0.05, 0) is 62.4 Å². The summed E-state index contributed by atoms with van der Waals surface area (Å²) in [5.41, 5.74) is 0. The van der Waals surface area contributed by atoms with Crippen LogP contribution >= 0.6 is 11.3 Å². The average molecular weight is 405 g/mol. The Balaban J connectivity index is 1.64. The first-order valence-corrected chi connectivity index (χ1v) is 11.1. The molecule has 1 aliphatic heterocycles. The number of piperidine rings is 1. The number of hydrogen-bond acceptors (Lipinski definition) is 5. The number of furan rings is 1. The molecule has 6 nitrogen and oxygen atoms in total. The number of hydrogen-bond donors (Lipinski definition) is 3. The second-order valence-electron chi connectivity index (χ2n) is 7.38. The second-order valence-corrected chi connectivity index (χ2v) is 8.36. The van der Waals surface area contributed by atoms with Gasteiger partial charge in [0, 0.05) is 11.4 Å². The molecule has 7 heteroatoms. The van der Waals surface area contributed by atoms with Crippen molar-refractivity contribution in [1.82, 2.24) is 15.5 Å². The van der Waals surface area contributed by atoms with Gasteiger partial charge in [-0.2, -0.15) is 0 Å². The number of nitrogens with zero attached hydrogens (tertiary/aromatic N) is 2. The number of nitrogens with one attached hydrogen (secondary N) is 2. The van der Waals surface area contributed by atoms with E-state index >= 15 is 0 Å². The number of thiophene rings is 1. The Morgan fingerprint density at radius 2 is 2.14 bits per heavy atom. The number of likely N-dealkylation sites (tertiary alicyclic amines) is 1. The van der Waals surface area contributed by atoms with Crippen LogP contribution in [-0.2, 0) is 0 Å². The van der Waals surface area contributed by atoms with E-state index in [-0.39, 0.29) is 0 Å². The van der Waals surface area contributed by atoms with E-state index in [0.717, 1.165) is 31.5 Å². The van der Waals surface area contributed by atoms with Crippen LogP contribution in [0.15, 0.2) is 45.3 Å². The van der Waals surface area contributed by atoms with Gasteiger partial charge in [0.2, 0.25) is 0 Å². The van der Waals surface area contributed by atoms with Crippen LogP contribution in [-0.4, -0.2) is 48.7 Å². The van der Waals surface area contributed by atoms with E-state index in [1.165, 1.54) is 17.7 Å². The van der Waals surface area contributed by atoms with Crippen molar-refractivity contribution < 1.29 is 9.52 Å². The molecule has 1 fully saturated rings. The van der Waals surface area contributed by atoms with Gasteiger partial charge in [0.05, 0.1) is 25.4 Å². The van der Waals surface area contributed by atoms with E-state index in [1.54, 1.807) is 29.7 Å². The molecule has 0 spiro atoms. The maximum absolute atomic E-state index is 10.2. The van der Waals surface area contributed by atoms with Crippen LogP contribution in [0.4, 0.5) is 0 Å². The Morgan fingerprint density at radius 3 is 2.79 bits per heavy atom. The van der Waals surface area contributed by atoms with Crippen LogP contribution < -0.4 is 10.6 Å². The third-order valence-corrected chi connectivity index (χ3v) is 6.21. The molecule has 154 valence electrons. The summed E-state index contributed by atoms with van der Waals surface area (Å²) < 4.78 is 5.27. The second kappa shape index (κ2) is 10.6. The monoisotopic (exact) mass is 404 g/mol. The Kier molecular flexibility index (Phi) is 7.94. The van der Waals surface area contributed by atoms with E-state index in [1.807, 2.05) is 6.92 Å². The van der Waals surface area contributed by atoms with Gasteiger partial charge in [-0.25, -0.2) is 0 Å². The number of aliphatic imine (C=N–C) groups is 1. The summed E-state index contributed by atoms with van der Waals surface area (Å²) in [6.07, 6.45) is 3.37. The molecule has 0 saturated carbocycles. The van der Waals surface area contributed by atoms with Gasteiger partial charge in [-0.15, -0.1) is 11.3 Å². The van der Waals surface area contributed by atoms with Crippen molar-refractivity contribution >= 4 is 17.3 Å². The van der Waals surface area contributed by atoms with Crippen LogP contribution in [0, 0.1) is 5.92 Å². The molecule has 0 aliphatic carbocycles. The molecule has 0 aromatic carbocycles. The topological polar surface area (TPSA) is 73.0 Å². The van der Waals surface area contributed by atoms with E-state index in [9.17, 15) is 5.11 Å². The Morgan fingerprint density at radius 1 is 1.32 bits per heavy atom. The highest BCUT2D eigenvalue weighted by Crippen LogP contribution is 2.29. The Bertz CT molecular complexity index is 694. The fraction of sp³-hybridized carbons (Fsp3) is 0.571. The summed E-state index contributed by atoms with van der Waals surface area (Å²) in [4.78, 5) is 8.77. The molecule has 3 N–H and O–H groups in total. The van der Waals surface area contributed by atoms with Gasteiger partial charge < -0.3 is 20.2 Å². The Hall–Kier alpha value is -1.83. The lowest BCUT2D eigenvalue weighted by atomic mass is 9.97. The molecule has 2 unspecified atom stereocenters. The first kappa shape index (κ1) is 20.9. The van der Waals surface area contributed by atoms with Crippen LogP contribution in [0.2, 0.25) is 0 Å². The van der Waals surface area contributed by atoms with E-state index in [0.29, 0.717) is 24.9 Å². The maximum Gasteiger partial charge on any atom is 0.191 e. The third-order valence-electron chi connectivity index (χ3n) is 5.23. The summed E-state index contributed by atoms with van der Waals surface area (Å²) in [6, 6.07) is 8.19. The SMILES string of the molecule is CCNC(=NCC(c1cccs1)N1CCC(C)CC1)NCC(O)c1ccco1. The highest BCUT2D eigenvalue weighted by Gasteiger charge is 2.25. The minimum absolute atomic E-state index is 0.304. The molecule has 3 heterocycles. The van der Waals surface area contributed by atoms with Crippen LogP contribution in [0.5, 0.6) is 0 Å². The zero-order valence-electron chi connectivity index (χ0n) is 16.8. The van der Waals surface area contributed by atoms with Crippen molar-refractivity contribution in [3.8, 4) is 0 Å². The summed E-state index contributed by atoms with van der Waals surface area (Å²) in [5, 5.41) is 18.9. The number of aliphatic hydroxyl groups is 1. The molecular formula is C21H32N4O2S. The molecule has 2 aromatic rings. The van der Waals surface area contributed by atoms with E-state index < -0.39 is 6.10 Å². The number of aliphatic hydroxyl groups excluding tert-OH is 1. The number of rotatable bonds is 8. The van der Waals surface area contributed by atoms with Crippen LogP contribution in [0.1, 0.15) is 49.5 Å². The molecule has 0 bridgehead atoms. The van der Waals surface area contributed by atoms with Gasteiger partial charge in [0.1, 0.15) is 11.9 Å². The molecule has 1 aliphatic rings. The van der Waals surface area contributed by atoms with Crippen LogP contribution in [0.3, 0.4) is 0 Å². The van der Waals surface area contributed by atoms with Gasteiger partial charge in [0.25, 0.3) is 0 Å². The van der Waals surface area contributed by atoms with Crippen molar-refractivity contribution in [1.29, 1.82) is 0 Å². The smallest absolute Gasteiger partial charge is 0.191 e. The maximum atomic E-state index is 10.2. The molecule has 2 aromatic heterocycles. The average Bonchev–Trinajstić information content (AvgIpc) is 3.41. The standard InChI is InChI=1S/C21H32N4O2S/c1-3-22-21(24-15-18(26)19-6-4-12-27-19)23-14-17(20-7-5-13-28-20)25-10-8-16(2)9-11-25/h4-7,12-13,16-18,26H,3,8-11,14-15H2,1-2H3,(H2,22,23,24). The van der Waals surface area contributed by atoms with Crippen molar-refractivity contribution in [2.45, 2.75) is 38.8 Å². The summed E-state index contributed by atoms with van der Waals surface area (Å²) in [5.74, 6) is 2.09. The predicted molar refractivity (Wildman–Crippen MR) is 115 cm³/mol. The number of guanidine groups is 1. The minimum Gasteiger partial charge on any atom is -0.467 e. The van der Waals surface area contributed by atoms with E-state index in [4.69, 9.17) is 9.41 Å². The van der Waals surface area contributed by atoms with Crippen molar-refractivity contribution in [2.24, 2.45) is 10.9 Å². The van der Waals surface area contributed by atoms with Gasteiger partial charge in [-0.1, -0.05) is 13.0 Å². The van der Waals surface area contributed by atoms with Gasteiger partial charge in [0.15, 0.2) is 5.96 Å². The molecule has 0 amide bonds. The molecular weight excluding hydrogens is 372 g/mol. The lowest BCUT2D eigenvalue weighted by Gasteiger charge is -2.35. The summed E-state index contributed by atoms with van der Waals surface area (Å²) in [6.45, 7) is 8.45. The van der Waals surface area contributed by atoms with Crippen molar-refractivity contribution in [3.05, 3.63) is 46.5 Å². The normalized spacial score (nSPS) is 18.8. The first-order valence-electron chi connectivity index (χ1n) is 10.2. The van der Waals surface area contributed by atoms with Gasteiger partial charge in [-0.3, -0.25) is 9.89 Å². The lowest BCUT2D eigenvalue weighted by Crippen LogP contribution is -2.41. The summed E-state index contributed by atoms with van der Waals surface area (Å²) >= 11 is 1.80. The zero-order valence-corrected chi connectivity index (χ0v) is 17.6. The fourth-order valence-electron chi connectivity index (χ4n) is 3.50. The lowest BCUT2D eigenvalue weighted by molar-refractivity contribution is 0.143. The Labute approximate surface area is 171 Å². The zero-order chi connectivity index (χ0) is 19.8. The minimum atomic E-state index is -0.699. The molecule has 1 saturated heterocycles. The highest BCUT2D eigenvalue weighted by molar-refractivity contribution is 7.10. The first-order chi connectivity index (χ1) is 13.7. The van der Waals surface area contributed by atoms with Crippen molar-refractivity contribution in [2.75, 3.05) is 32.7 Å². The quantitative estimate of drug-likeness (QED) is 0.465. The molecule has 28 heavy (non-hydrogen) atoms. The largest absolute Gasteiger partial charge is 0.467 e. The third kappa shape index (κ3) is 5.83. The van der Waals surface area contributed by atoms with E-state index in [2.05, 4.69) is 40.0 Å². The van der Waals surface area contributed by atoms with Crippen molar-refractivity contribution in [3.63, 3.8) is 0 Å². The summed E-state index contributed by atoms with van der Waals surface area (Å²) in [7, 11) is 0. The van der Waals surface area contributed by atoms with Crippen LogP contribution in [0.25, 0.3) is 0 Å².